The van der Waals surface area contributed by atoms with Gasteiger partial charge in [-0.25, -0.2) is 0 Å². The molecular weight excluding hydrogens is 140 g/mol. The first-order chi connectivity index (χ1) is 5.22. The number of hydrogen-bond donors (Lipinski definition) is 2. The highest BCUT2D eigenvalue weighted by Gasteiger charge is 2.22. The molecule has 1 saturated heterocycles. The summed E-state index contributed by atoms with van der Waals surface area (Å²) in [5.74, 6) is 0.386. The van der Waals surface area contributed by atoms with E-state index < -0.39 is 0 Å². The Labute approximate surface area is 67.5 Å². The third-order valence-electron chi connectivity index (χ3n) is 1.98. The highest BCUT2D eigenvalue weighted by Crippen LogP contribution is 2.07. The van der Waals surface area contributed by atoms with Crippen molar-refractivity contribution in [3.8, 4) is 0 Å². The van der Waals surface area contributed by atoms with E-state index in [1.54, 1.807) is 0 Å². The minimum absolute atomic E-state index is 0.344. The lowest BCUT2D eigenvalue weighted by Crippen LogP contribution is -2.48. The molecule has 2 unspecified atom stereocenters. The van der Waals surface area contributed by atoms with E-state index in [2.05, 4.69) is 17.6 Å². The van der Waals surface area contributed by atoms with Gasteiger partial charge in [0.1, 0.15) is 5.78 Å². The van der Waals surface area contributed by atoms with Gasteiger partial charge in [-0.3, -0.25) is 4.79 Å². The van der Waals surface area contributed by atoms with Gasteiger partial charge in [0.15, 0.2) is 0 Å². The average Bonchev–Trinajstić information content (AvgIpc) is 1.85. The number of hydrogen-bond acceptors (Lipinski definition) is 3. The third kappa shape index (κ3) is 2.60. The van der Waals surface area contributed by atoms with Crippen LogP contribution in [0.5, 0.6) is 0 Å². The Morgan fingerprint density at radius 3 is 2.91 bits per heavy atom. The molecule has 1 fully saturated rings. The summed E-state index contributed by atoms with van der Waals surface area (Å²) in [6.45, 7) is 2.94. The fourth-order valence-electron chi connectivity index (χ4n) is 1.60. The van der Waals surface area contributed by atoms with Crippen molar-refractivity contribution in [2.45, 2.75) is 31.8 Å². The van der Waals surface area contributed by atoms with Crippen LogP contribution in [-0.2, 0) is 4.79 Å². The fraction of sp³-hybridized carbons (Fsp3) is 0.875. The number of Topliss-reactive ketones (excluding diaryl/α,β-unsaturated/α-hetero) is 1. The summed E-state index contributed by atoms with van der Waals surface area (Å²) in [6, 6.07) is 0.700. The maximum Gasteiger partial charge on any atom is 0.136 e. The zero-order chi connectivity index (χ0) is 8.27. The molecular formula is C8H16N2O. The van der Waals surface area contributed by atoms with Crippen LogP contribution in [-0.4, -0.2) is 31.5 Å². The summed E-state index contributed by atoms with van der Waals surface area (Å²) in [7, 11) is 1.91. The number of piperidine rings is 1. The highest BCUT2D eigenvalue weighted by molar-refractivity contribution is 5.80. The van der Waals surface area contributed by atoms with Gasteiger partial charge in [-0.1, -0.05) is 0 Å². The Balaban J connectivity index is 2.36. The smallest absolute Gasteiger partial charge is 0.136 e. The third-order valence-corrected chi connectivity index (χ3v) is 1.98. The van der Waals surface area contributed by atoms with E-state index >= 15 is 0 Å². The van der Waals surface area contributed by atoms with E-state index in [1.165, 1.54) is 0 Å². The van der Waals surface area contributed by atoms with Crippen LogP contribution in [0.2, 0.25) is 0 Å². The van der Waals surface area contributed by atoms with E-state index in [-0.39, 0.29) is 0 Å². The lowest BCUT2D eigenvalue weighted by molar-refractivity contribution is -0.121. The van der Waals surface area contributed by atoms with Crippen LogP contribution in [0.4, 0.5) is 0 Å². The van der Waals surface area contributed by atoms with Crippen molar-refractivity contribution in [2.75, 3.05) is 13.6 Å². The van der Waals surface area contributed by atoms with Gasteiger partial charge in [-0.15, -0.1) is 0 Å². The van der Waals surface area contributed by atoms with E-state index in [4.69, 9.17) is 0 Å². The van der Waals surface area contributed by atoms with E-state index in [9.17, 15) is 4.79 Å². The predicted octanol–water partition coefficient (Wildman–Crippen LogP) is -0.0846. The van der Waals surface area contributed by atoms with Crippen molar-refractivity contribution < 1.29 is 4.79 Å². The Bertz CT molecular complexity index is 147. The summed E-state index contributed by atoms with van der Waals surface area (Å²) in [5.41, 5.74) is 0. The van der Waals surface area contributed by atoms with Gasteiger partial charge in [-0.05, 0) is 14.0 Å². The molecule has 0 spiro atoms. The van der Waals surface area contributed by atoms with Gasteiger partial charge in [0.25, 0.3) is 0 Å². The van der Waals surface area contributed by atoms with Crippen LogP contribution in [0.1, 0.15) is 19.8 Å². The fourth-order valence-corrected chi connectivity index (χ4v) is 1.60. The second-order valence-electron chi connectivity index (χ2n) is 3.27. The first-order valence-electron chi connectivity index (χ1n) is 4.14. The summed E-state index contributed by atoms with van der Waals surface area (Å²) >= 11 is 0. The number of likely N-dealkylation sites (N-methyl/N-ethyl adjacent to an activating group) is 1. The minimum Gasteiger partial charge on any atom is -0.318 e. The second-order valence-corrected chi connectivity index (χ2v) is 3.27. The molecule has 11 heavy (non-hydrogen) atoms. The zero-order valence-electron chi connectivity index (χ0n) is 7.18. The van der Waals surface area contributed by atoms with Gasteiger partial charge in [0, 0.05) is 31.5 Å². The molecule has 0 radical (unpaired) electrons. The number of carbonyl (C=O) groups is 1. The van der Waals surface area contributed by atoms with Crippen LogP contribution in [0.3, 0.4) is 0 Å². The van der Waals surface area contributed by atoms with E-state index in [0.717, 1.165) is 6.54 Å². The lowest BCUT2D eigenvalue weighted by Gasteiger charge is -2.27. The van der Waals surface area contributed by atoms with Crippen molar-refractivity contribution in [1.29, 1.82) is 0 Å². The van der Waals surface area contributed by atoms with Crippen molar-refractivity contribution in [2.24, 2.45) is 0 Å². The molecule has 2 N–H and O–H groups in total. The van der Waals surface area contributed by atoms with Gasteiger partial charge < -0.3 is 10.6 Å². The van der Waals surface area contributed by atoms with Crippen molar-refractivity contribution in [3.05, 3.63) is 0 Å². The molecule has 0 saturated carbocycles. The summed E-state index contributed by atoms with van der Waals surface area (Å²) in [6.07, 6.45) is 1.38. The Hall–Kier alpha value is -0.410. The molecule has 0 aromatic rings. The van der Waals surface area contributed by atoms with Crippen molar-refractivity contribution in [3.63, 3.8) is 0 Å². The molecule has 3 heteroatoms. The standard InChI is InChI=1S/C8H16N2O/c1-6-3-8(11)4-7(10-6)5-9-2/h6-7,9-10H,3-5H2,1-2H3. The number of ketones is 1. The van der Waals surface area contributed by atoms with Crippen LogP contribution in [0, 0.1) is 0 Å². The summed E-state index contributed by atoms with van der Waals surface area (Å²) < 4.78 is 0. The van der Waals surface area contributed by atoms with Crippen molar-refractivity contribution in [1.82, 2.24) is 10.6 Å². The van der Waals surface area contributed by atoms with Gasteiger partial charge in [0.2, 0.25) is 0 Å². The quantitative estimate of drug-likeness (QED) is 0.587. The minimum atomic E-state index is 0.344. The first kappa shape index (κ1) is 8.68. The molecule has 2 atom stereocenters. The monoisotopic (exact) mass is 156 g/mol. The van der Waals surface area contributed by atoms with Crippen LogP contribution in [0.15, 0.2) is 0 Å². The highest BCUT2D eigenvalue weighted by atomic mass is 16.1. The lowest BCUT2D eigenvalue weighted by atomic mass is 9.98. The molecule has 0 aliphatic carbocycles. The number of carbonyl (C=O) groups excluding carboxylic acids is 1. The van der Waals surface area contributed by atoms with Crippen LogP contribution >= 0.6 is 0 Å². The second kappa shape index (κ2) is 3.83. The summed E-state index contributed by atoms with van der Waals surface area (Å²) in [5, 5.41) is 6.43. The molecule has 0 aromatic heterocycles. The molecule has 64 valence electrons. The summed E-state index contributed by atoms with van der Waals surface area (Å²) in [4.78, 5) is 11.1. The normalized spacial score (nSPS) is 32.4. The maximum absolute atomic E-state index is 11.1. The average molecular weight is 156 g/mol. The van der Waals surface area contributed by atoms with Crippen LogP contribution in [0.25, 0.3) is 0 Å². The number of nitrogens with one attached hydrogen (secondary N) is 2. The first-order valence-corrected chi connectivity index (χ1v) is 4.14. The van der Waals surface area contributed by atoms with Gasteiger partial charge >= 0.3 is 0 Å². The largest absolute Gasteiger partial charge is 0.318 e. The Morgan fingerprint density at radius 2 is 2.36 bits per heavy atom. The van der Waals surface area contributed by atoms with Crippen LogP contribution < -0.4 is 10.6 Å². The molecule has 0 amide bonds. The molecule has 1 rings (SSSR count). The Kier molecular flexibility index (Phi) is 3.02. The van der Waals surface area contributed by atoms with Crippen molar-refractivity contribution >= 4 is 5.78 Å². The molecule has 1 heterocycles. The van der Waals surface area contributed by atoms with E-state index in [0.29, 0.717) is 30.7 Å². The topological polar surface area (TPSA) is 41.1 Å². The molecule has 1 aliphatic rings. The zero-order valence-corrected chi connectivity index (χ0v) is 7.18. The predicted molar refractivity (Wildman–Crippen MR) is 44.6 cm³/mol. The molecule has 0 bridgehead atoms. The SMILES string of the molecule is CNCC1CC(=O)CC(C)N1. The molecule has 0 aromatic carbocycles. The molecule has 1 aliphatic heterocycles. The van der Waals surface area contributed by atoms with Gasteiger partial charge in [0.05, 0.1) is 0 Å². The Morgan fingerprint density at radius 1 is 1.64 bits per heavy atom. The molecule has 3 nitrogen and oxygen atoms in total. The number of rotatable bonds is 2. The van der Waals surface area contributed by atoms with Gasteiger partial charge in [-0.2, -0.15) is 0 Å². The van der Waals surface area contributed by atoms with E-state index in [1.807, 2.05) is 7.05 Å². The maximum atomic E-state index is 11.1.